The Morgan fingerprint density at radius 2 is 1.92 bits per heavy atom. The molecular weight excluding hydrogens is 447 g/mol. The summed E-state index contributed by atoms with van der Waals surface area (Å²) >= 11 is 0. The highest BCUT2D eigenvalue weighted by atomic mass is 127. The van der Waals surface area contributed by atoms with Crippen LogP contribution in [0.2, 0.25) is 0 Å². The maximum Gasteiger partial charge on any atom is 0.223 e. The molecule has 0 bridgehead atoms. The molecule has 0 radical (unpaired) electrons. The number of rotatable bonds is 8. The van der Waals surface area contributed by atoms with Crippen LogP contribution < -0.4 is 10.6 Å². The van der Waals surface area contributed by atoms with Crippen LogP contribution in [0.25, 0.3) is 0 Å². The van der Waals surface area contributed by atoms with Gasteiger partial charge in [-0.25, -0.2) is 0 Å². The monoisotopic (exact) mass is 480 g/mol. The third kappa shape index (κ3) is 6.99. The van der Waals surface area contributed by atoms with E-state index in [0.29, 0.717) is 30.2 Å². The van der Waals surface area contributed by atoms with E-state index in [2.05, 4.69) is 44.5 Å². The molecule has 2 heterocycles. The van der Waals surface area contributed by atoms with Crippen LogP contribution in [-0.4, -0.2) is 66.9 Å². The molecule has 26 heavy (non-hydrogen) atoms. The van der Waals surface area contributed by atoms with Gasteiger partial charge in [-0.3, -0.25) is 9.89 Å². The first-order valence-electron chi connectivity index (χ1n) is 9.23. The summed E-state index contributed by atoms with van der Waals surface area (Å²) < 4.78 is 10.5. The Kier molecular flexibility index (Phi) is 11.1. The lowest BCUT2D eigenvalue weighted by Gasteiger charge is -2.39. The van der Waals surface area contributed by atoms with Crippen molar-refractivity contribution >= 4 is 29.9 Å². The van der Waals surface area contributed by atoms with Crippen molar-refractivity contribution in [3.8, 4) is 0 Å². The van der Waals surface area contributed by atoms with Gasteiger partial charge >= 0.3 is 0 Å². The van der Waals surface area contributed by atoms with Crippen molar-refractivity contribution in [2.75, 3.05) is 39.9 Å². The highest BCUT2D eigenvalue weighted by molar-refractivity contribution is 14.0. The number of hydrogen-bond donors (Lipinski definition) is 2. The van der Waals surface area contributed by atoms with Crippen LogP contribution in [0.3, 0.4) is 0 Å². The topological polar surface area (TPSA) is 87.8 Å². The van der Waals surface area contributed by atoms with E-state index in [0.717, 1.165) is 38.8 Å². The summed E-state index contributed by atoms with van der Waals surface area (Å²) in [7, 11) is 1.78. The van der Waals surface area contributed by atoms with Gasteiger partial charge in [0.2, 0.25) is 5.89 Å². The molecule has 8 nitrogen and oxygen atoms in total. The molecule has 2 rings (SSSR count). The fourth-order valence-corrected chi connectivity index (χ4v) is 3.33. The predicted molar refractivity (Wildman–Crippen MR) is 113 cm³/mol. The zero-order valence-corrected chi connectivity index (χ0v) is 18.7. The van der Waals surface area contributed by atoms with Gasteiger partial charge in [0.1, 0.15) is 0 Å². The van der Waals surface area contributed by atoms with Gasteiger partial charge < -0.3 is 19.9 Å². The Morgan fingerprint density at radius 1 is 1.23 bits per heavy atom. The van der Waals surface area contributed by atoms with Crippen molar-refractivity contribution in [2.45, 2.75) is 46.2 Å². The molecule has 1 unspecified atom stereocenters. The zero-order chi connectivity index (χ0) is 18.1. The number of ether oxygens (including phenoxy) is 1. The number of hydrogen-bond acceptors (Lipinski definition) is 6. The summed E-state index contributed by atoms with van der Waals surface area (Å²) in [6.07, 6.45) is 2.35. The van der Waals surface area contributed by atoms with E-state index in [9.17, 15) is 0 Å². The molecular formula is C17H33IN6O2. The van der Waals surface area contributed by atoms with E-state index in [1.54, 1.807) is 14.0 Å². The number of aromatic nitrogens is 2. The van der Waals surface area contributed by atoms with E-state index in [1.165, 1.54) is 12.8 Å². The minimum Gasteiger partial charge on any atom is -0.379 e. The van der Waals surface area contributed by atoms with Crippen LogP contribution in [0.15, 0.2) is 9.52 Å². The molecule has 150 valence electrons. The molecule has 1 atom stereocenters. The Hall–Kier alpha value is -0.940. The van der Waals surface area contributed by atoms with Gasteiger partial charge in [0.05, 0.1) is 19.8 Å². The molecule has 1 aliphatic heterocycles. The number of aliphatic imine (C=N–C) groups is 1. The SMILES string of the molecule is CCC(CC)C(CNC(=NC)NCc1noc(C)n1)N1CCOCC1.I. The van der Waals surface area contributed by atoms with Crippen LogP contribution >= 0.6 is 24.0 Å². The number of nitrogens with one attached hydrogen (secondary N) is 2. The third-order valence-corrected chi connectivity index (χ3v) is 4.79. The van der Waals surface area contributed by atoms with Crippen LogP contribution in [0.5, 0.6) is 0 Å². The molecule has 0 aliphatic carbocycles. The van der Waals surface area contributed by atoms with Crippen LogP contribution in [0.4, 0.5) is 0 Å². The van der Waals surface area contributed by atoms with Crippen molar-refractivity contribution in [3.63, 3.8) is 0 Å². The number of halogens is 1. The van der Waals surface area contributed by atoms with E-state index in [4.69, 9.17) is 9.26 Å². The molecule has 1 aromatic rings. The largest absolute Gasteiger partial charge is 0.379 e. The zero-order valence-electron chi connectivity index (χ0n) is 16.3. The summed E-state index contributed by atoms with van der Waals surface area (Å²) in [5.74, 6) is 2.61. The number of guanidine groups is 1. The summed E-state index contributed by atoms with van der Waals surface area (Å²) in [4.78, 5) is 11.0. The van der Waals surface area contributed by atoms with E-state index < -0.39 is 0 Å². The van der Waals surface area contributed by atoms with Gasteiger partial charge in [-0.05, 0) is 5.92 Å². The van der Waals surface area contributed by atoms with Crippen molar-refractivity contribution in [1.82, 2.24) is 25.7 Å². The molecule has 2 N–H and O–H groups in total. The first-order valence-corrected chi connectivity index (χ1v) is 9.23. The predicted octanol–water partition coefficient (Wildman–Crippen LogP) is 1.80. The smallest absolute Gasteiger partial charge is 0.223 e. The molecule has 0 amide bonds. The first kappa shape index (κ1) is 23.1. The van der Waals surface area contributed by atoms with E-state index in [-0.39, 0.29) is 24.0 Å². The van der Waals surface area contributed by atoms with E-state index in [1.807, 2.05) is 0 Å². The number of aryl methyl sites for hydroxylation is 1. The molecule has 1 aromatic heterocycles. The lowest BCUT2D eigenvalue weighted by atomic mass is 9.92. The Balaban J connectivity index is 0.00000338. The van der Waals surface area contributed by atoms with E-state index >= 15 is 0 Å². The summed E-state index contributed by atoms with van der Waals surface area (Å²) in [6, 6.07) is 0.477. The van der Waals surface area contributed by atoms with Crippen molar-refractivity contribution in [2.24, 2.45) is 10.9 Å². The summed E-state index contributed by atoms with van der Waals surface area (Å²) in [6.45, 7) is 11.3. The minimum absolute atomic E-state index is 0. The average molecular weight is 480 g/mol. The standard InChI is InChI=1S/C17H32N6O2.HI/c1-5-14(6-2)15(23-7-9-24-10-8-23)11-19-17(18-4)20-12-16-21-13(3)25-22-16;/h14-15H,5-12H2,1-4H3,(H2,18,19,20);1H. The summed E-state index contributed by atoms with van der Waals surface area (Å²) in [5, 5.41) is 10.6. The Morgan fingerprint density at radius 3 is 2.46 bits per heavy atom. The second-order valence-corrected chi connectivity index (χ2v) is 6.33. The molecule has 0 aromatic carbocycles. The molecule has 1 saturated heterocycles. The van der Waals surface area contributed by atoms with Crippen molar-refractivity contribution < 1.29 is 9.26 Å². The highest BCUT2D eigenvalue weighted by Crippen LogP contribution is 2.19. The van der Waals surface area contributed by atoms with Gasteiger partial charge in [0, 0.05) is 39.6 Å². The number of morpholine rings is 1. The quantitative estimate of drug-likeness (QED) is 0.333. The Labute approximate surface area is 173 Å². The first-order chi connectivity index (χ1) is 12.2. The third-order valence-electron chi connectivity index (χ3n) is 4.79. The second kappa shape index (κ2) is 12.4. The van der Waals surface area contributed by atoms with Gasteiger partial charge in [0.15, 0.2) is 11.8 Å². The second-order valence-electron chi connectivity index (χ2n) is 6.33. The molecule has 9 heteroatoms. The van der Waals surface area contributed by atoms with Crippen LogP contribution in [0, 0.1) is 12.8 Å². The normalized spacial score (nSPS) is 17.0. The number of nitrogens with zero attached hydrogens (tertiary/aromatic N) is 4. The fourth-order valence-electron chi connectivity index (χ4n) is 3.33. The maximum atomic E-state index is 5.51. The highest BCUT2D eigenvalue weighted by Gasteiger charge is 2.27. The van der Waals surface area contributed by atoms with Crippen molar-refractivity contribution in [3.05, 3.63) is 11.7 Å². The maximum absolute atomic E-state index is 5.51. The molecule has 0 spiro atoms. The molecule has 0 saturated carbocycles. The van der Waals surface area contributed by atoms with Crippen molar-refractivity contribution in [1.29, 1.82) is 0 Å². The molecule has 1 aliphatic rings. The van der Waals surface area contributed by atoms with Gasteiger partial charge in [-0.1, -0.05) is 31.8 Å². The van der Waals surface area contributed by atoms with Gasteiger partial charge in [-0.15, -0.1) is 24.0 Å². The van der Waals surface area contributed by atoms with Crippen LogP contribution in [-0.2, 0) is 11.3 Å². The minimum atomic E-state index is 0. The summed E-state index contributed by atoms with van der Waals surface area (Å²) in [5.41, 5.74) is 0. The fraction of sp³-hybridized carbons (Fsp3) is 0.824. The van der Waals surface area contributed by atoms with Crippen LogP contribution in [0.1, 0.15) is 38.4 Å². The Bertz CT molecular complexity index is 529. The lowest BCUT2D eigenvalue weighted by Crippen LogP contribution is -2.53. The lowest BCUT2D eigenvalue weighted by molar-refractivity contribution is 0.00272. The molecule has 1 fully saturated rings. The van der Waals surface area contributed by atoms with Gasteiger partial charge in [-0.2, -0.15) is 4.98 Å². The average Bonchev–Trinajstić information content (AvgIpc) is 3.07. The van der Waals surface area contributed by atoms with Gasteiger partial charge in [0.25, 0.3) is 0 Å².